The first kappa shape index (κ1) is 36.5. The van der Waals surface area contributed by atoms with Gasteiger partial charge in [0.15, 0.2) is 12.6 Å². The molecule has 3 aliphatic rings. The van der Waals surface area contributed by atoms with Crippen molar-refractivity contribution in [2.75, 3.05) is 19.7 Å². The average Bonchev–Trinajstić information content (AvgIpc) is 3.05. The van der Waals surface area contributed by atoms with Crippen LogP contribution in [0.4, 0.5) is 0 Å². The topological polar surface area (TPSA) is 306 Å². The molecule has 1 aromatic rings. The molecule has 0 bridgehead atoms. The first-order valence-corrected chi connectivity index (χ1v) is 15.6. The minimum atomic E-state index is -1.59. The second kappa shape index (κ2) is 16.6. The fraction of sp³-hybridized carbons (Fsp3) is 0.724. The lowest BCUT2D eigenvalue weighted by Gasteiger charge is -2.50. The van der Waals surface area contributed by atoms with E-state index in [2.05, 4.69) is 10.6 Å². The van der Waals surface area contributed by atoms with Gasteiger partial charge in [0.25, 0.3) is 5.91 Å². The summed E-state index contributed by atoms with van der Waals surface area (Å²) in [6.07, 6.45) is -9.56. The van der Waals surface area contributed by atoms with Gasteiger partial charge in [-0.05, 0) is 44.4 Å². The summed E-state index contributed by atoms with van der Waals surface area (Å²) in [5.74, 6) is -1.30. The number of hydrogen-bond donors (Lipinski definition) is 11. The lowest BCUT2D eigenvalue weighted by atomic mass is 9.81. The highest BCUT2D eigenvalue weighted by molar-refractivity contribution is 5.94. The molecule has 14 atom stereocenters. The van der Waals surface area contributed by atoms with Crippen LogP contribution in [-0.4, -0.2) is 137 Å². The Labute approximate surface area is 267 Å². The summed E-state index contributed by atoms with van der Waals surface area (Å²) in [6, 6.07) is 3.51. The molecule has 17 heteroatoms. The Morgan fingerprint density at radius 3 is 2.28 bits per heavy atom. The highest BCUT2D eigenvalue weighted by Gasteiger charge is 2.52. The number of aliphatic hydroxyl groups excluding tert-OH is 4. The van der Waals surface area contributed by atoms with Gasteiger partial charge in [-0.25, -0.2) is 0 Å². The monoisotopic (exact) mass is 655 g/mol. The number of hydrogen-bond acceptors (Lipinski definition) is 15. The van der Waals surface area contributed by atoms with Gasteiger partial charge in [0, 0.05) is 18.2 Å². The van der Waals surface area contributed by atoms with Gasteiger partial charge >= 0.3 is 0 Å². The van der Waals surface area contributed by atoms with Gasteiger partial charge in [-0.15, -0.1) is 0 Å². The van der Waals surface area contributed by atoms with Crippen molar-refractivity contribution in [1.29, 1.82) is 0 Å². The molecular formula is C29H49N7O10. The largest absolute Gasteiger partial charge is 0.394 e. The lowest BCUT2D eigenvalue weighted by molar-refractivity contribution is -0.302. The molecule has 260 valence electrons. The van der Waals surface area contributed by atoms with Crippen molar-refractivity contribution in [2.24, 2.45) is 28.7 Å². The normalized spacial score (nSPS) is 38.9. The zero-order chi connectivity index (χ0) is 33.5. The summed E-state index contributed by atoms with van der Waals surface area (Å²) in [5, 5.41) is 47.1. The standard InChI is InChI=1S/C29H49N7O10/c30-9-8-18(38)27(42)35-17-10-16(33)24(45-28-15(32)7-6-14(11-31)43-28)21(36-26(41)13-4-2-1-3-5-13)25(17)46-29-23(40)20(34)22(39)19(12-37)44-29/h1-5,14-25,28-29,37-40H,6-12,30-34H2,(H,35,42)(H,36,41)/t14?,15?,16-,17+,18-,19?,20-,21?,22+,23?,24?,25-,28+,29+/m0/s1. The van der Waals surface area contributed by atoms with Crippen LogP contribution in [0.5, 0.6) is 0 Å². The molecule has 46 heavy (non-hydrogen) atoms. The summed E-state index contributed by atoms with van der Waals surface area (Å²) in [5.41, 5.74) is 30.7. The lowest BCUT2D eigenvalue weighted by Crippen LogP contribution is -2.72. The number of ether oxygens (including phenoxy) is 4. The quantitative estimate of drug-likeness (QED) is 0.100. The van der Waals surface area contributed by atoms with Crippen LogP contribution in [0.3, 0.4) is 0 Å². The Hall–Kier alpha value is -2.36. The predicted molar refractivity (Wildman–Crippen MR) is 162 cm³/mol. The van der Waals surface area contributed by atoms with Gasteiger partial charge in [-0.3, -0.25) is 9.59 Å². The van der Waals surface area contributed by atoms with Gasteiger partial charge < -0.3 is 78.7 Å². The number of aliphatic hydroxyl groups is 4. The van der Waals surface area contributed by atoms with Crippen LogP contribution in [-0.2, 0) is 23.7 Å². The van der Waals surface area contributed by atoms with E-state index in [1.165, 1.54) is 0 Å². The molecule has 1 saturated carbocycles. The number of rotatable bonds is 12. The maximum absolute atomic E-state index is 13.6. The van der Waals surface area contributed by atoms with E-state index >= 15 is 0 Å². The van der Waals surface area contributed by atoms with E-state index in [9.17, 15) is 30.0 Å². The first-order chi connectivity index (χ1) is 22.0. The summed E-state index contributed by atoms with van der Waals surface area (Å²) in [4.78, 5) is 26.6. The molecule has 16 N–H and O–H groups in total. The number of carbonyl (C=O) groups is 2. The molecule has 2 heterocycles. The molecule has 3 fully saturated rings. The van der Waals surface area contributed by atoms with Gasteiger partial charge in [-0.2, -0.15) is 0 Å². The molecule has 0 radical (unpaired) electrons. The Kier molecular flexibility index (Phi) is 13.2. The summed E-state index contributed by atoms with van der Waals surface area (Å²) in [6.45, 7) is -0.361. The number of carbonyl (C=O) groups excluding carboxylic acids is 2. The maximum Gasteiger partial charge on any atom is 0.251 e. The summed E-state index contributed by atoms with van der Waals surface area (Å²) in [7, 11) is 0. The van der Waals surface area contributed by atoms with Crippen molar-refractivity contribution in [1.82, 2.24) is 10.6 Å². The van der Waals surface area contributed by atoms with Gasteiger partial charge in [0.05, 0.1) is 43.0 Å². The molecule has 1 aliphatic carbocycles. The molecule has 2 aliphatic heterocycles. The van der Waals surface area contributed by atoms with Crippen molar-refractivity contribution >= 4 is 11.8 Å². The number of nitrogens with one attached hydrogen (secondary N) is 2. The Balaban J connectivity index is 1.72. The summed E-state index contributed by atoms with van der Waals surface area (Å²) < 4.78 is 24.4. The van der Waals surface area contributed by atoms with Crippen molar-refractivity contribution < 1.29 is 49.0 Å². The van der Waals surface area contributed by atoms with Crippen LogP contribution in [0.25, 0.3) is 0 Å². The fourth-order valence-electron chi connectivity index (χ4n) is 6.04. The fourth-order valence-corrected chi connectivity index (χ4v) is 6.04. The van der Waals surface area contributed by atoms with E-state index in [1.54, 1.807) is 30.3 Å². The Morgan fingerprint density at radius 1 is 0.935 bits per heavy atom. The molecule has 2 amide bonds. The molecule has 1 aromatic carbocycles. The average molecular weight is 656 g/mol. The van der Waals surface area contributed by atoms with Crippen molar-refractivity contribution in [3.05, 3.63) is 35.9 Å². The third-order valence-electron chi connectivity index (χ3n) is 8.74. The van der Waals surface area contributed by atoms with E-state index in [-0.39, 0.29) is 32.0 Å². The van der Waals surface area contributed by atoms with E-state index in [0.29, 0.717) is 18.4 Å². The highest BCUT2D eigenvalue weighted by atomic mass is 16.7. The predicted octanol–water partition coefficient (Wildman–Crippen LogP) is -4.96. The molecule has 4 rings (SSSR count). The molecule has 0 spiro atoms. The molecular weight excluding hydrogens is 606 g/mol. The molecule has 17 nitrogen and oxygen atoms in total. The molecule has 6 unspecified atom stereocenters. The Bertz CT molecular complexity index is 1120. The Morgan fingerprint density at radius 2 is 1.63 bits per heavy atom. The van der Waals surface area contributed by atoms with Crippen LogP contribution in [0, 0.1) is 0 Å². The number of amides is 2. The zero-order valence-corrected chi connectivity index (χ0v) is 25.5. The van der Waals surface area contributed by atoms with Crippen LogP contribution >= 0.6 is 0 Å². The van der Waals surface area contributed by atoms with Gasteiger partial charge in [-0.1, -0.05) is 18.2 Å². The van der Waals surface area contributed by atoms with Gasteiger partial charge in [0.2, 0.25) is 5.91 Å². The third-order valence-corrected chi connectivity index (χ3v) is 8.74. The second-order valence-corrected chi connectivity index (χ2v) is 12.1. The smallest absolute Gasteiger partial charge is 0.251 e. The van der Waals surface area contributed by atoms with E-state index in [1.807, 2.05) is 0 Å². The number of benzene rings is 1. The van der Waals surface area contributed by atoms with Crippen LogP contribution < -0.4 is 39.3 Å². The summed E-state index contributed by atoms with van der Waals surface area (Å²) >= 11 is 0. The number of nitrogens with two attached hydrogens (primary N) is 5. The van der Waals surface area contributed by atoms with E-state index < -0.39 is 97.8 Å². The van der Waals surface area contributed by atoms with Crippen molar-refractivity contribution in [3.63, 3.8) is 0 Å². The minimum absolute atomic E-state index is 0.0112. The van der Waals surface area contributed by atoms with Crippen LogP contribution in [0.15, 0.2) is 30.3 Å². The molecule has 2 saturated heterocycles. The first-order valence-electron chi connectivity index (χ1n) is 15.6. The SMILES string of the molecule is NCC[C@H](O)C(=O)N[C@@H]1C[C@H](N)C(O[C@H]2OC(CN)CCC2N)C(NC(=O)c2ccccc2)[C@H]1O[C@H]1OC(CO)[C@@H](O)[C@H](N)C1O. The van der Waals surface area contributed by atoms with Crippen LogP contribution in [0.2, 0.25) is 0 Å². The van der Waals surface area contributed by atoms with E-state index in [0.717, 1.165) is 0 Å². The van der Waals surface area contributed by atoms with Crippen molar-refractivity contribution in [3.8, 4) is 0 Å². The van der Waals surface area contributed by atoms with Gasteiger partial charge in [0.1, 0.15) is 30.5 Å². The zero-order valence-electron chi connectivity index (χ0n) is 25.5. The van der Waals surface area contributed by atoms with Crippen molar-refractivity contribution in [2.45, 2.75) is 111 Å². The highest BCUT2D eigenvalue weighted by Crippen LogP contribution is 2.32. The second-order valence-electron chi connectivity index (χ2n) is 12.1. The third kappa shape index (κ3) is 8.56. The van der Waals surface area contributed by atoms with Crippen LogP contribution in [0.1, 0.15) is 36.0 Å². The maximum atomic E-state index is 13.6. The van der Waals surface area contributed by atoms with E-state index in [4.69, 9.17) is 47.6 Å². The molecule has 0 aromatic heterocycles. The minimum Gasteiger partial charge on any atom is -0.394 e.